The number of carbonyl (C=O) groups is 1. The van der Waals surface area contributed by atoms with Gasteiger partial charge >= 0.3 is 0 Å². The molecule has 1 aliphatic heterocycles. The Labute approximate surface area is 124 Å². The summed E-state index contributed by atoms with van der Waals surface area (Å²) in [4.78, 5) is 12.2. The van der Waals surface area contributed by atoms with Crippen molar-refractivity contribution in [1.29, 1.82) is 0 Å². The monoisotopic (exact) mass is 314 g/mol. The Morgan fingerprint density at radius 1 is 1.43 bits per heavy atom. The second kappa shape index (κ2) is 6.53. The number of amides is 1. The van der Waals surface area contributed by atoms with E-state index in [0.717, 1.165) is 0 Å². The minimum absolute atomic E-state index is 0.0225. The lowest BCUT2D eigenvalue weighted by Gasteiger charge is -2.30. The molecule has 0 aromatic heterocycles. The third kappa shape index (κ3) is 3.79. The van der Waals surface area contributed by atoms with E-state index in [-0.39, 0.29) is 23.9 Å². The average Bonchev–Trinajstić information content (AvgIpc) is 2.49. The third-order valence-electron chi connectivity index (χ3n) is 3.64. The van der Waals surface area contributed by atoms with Crippen LogP contribution in [0.5, 0.6) is 0 Å². The van der Waals surface area contributed by atoms with Crippen molar-refractivity contribution in [1.82, 2.24) is 4.31 Å². The van der Waals surface area contributed by atoms with Crippen molar-refractivity contribution in [3.05, 3.63) is 30.1 Å². The van der Waals surface area contributed by atoms with Crippen molar-refractivity contribution < 1.29 is 17.6 Å². The molecule has 1 N–H and O–H groups in total. The van der Waals surface area contributed by atoms with Crippen LogP contribution in [0.4, 0.5) is 10.1 Å². The van der Waals surface area contributed by atoms with E-state index in [0.29, 0.717) is 19.4 Å². The molecule has 1 saturated heterocycles. The molecule has 5 nitrogen and oxygen atoms in total. The highest BCUT2D eigenvalue weighted by atomic mass is 32.2. The molecule has 0 spiro atoms. The zero-order valence-electron chi connectivity index (χ0n) is 11.9. The fraction of sp³-hybridized carbons (Fsp3) is 0.500. The molecule has 21 heavy (non-hydrogen) atoms. The Bertz CT molecular complexity index is 618. The second-order valence-corrected chi connectivity index (χ2v) is 7.32. The normalized spacial score (nSPS) is 20.2. The second-order valence-electron chi connectivity index (χ2n) is 5.07. The van der Waals surface area contributed by atoms with Gasteiger partial charge in [0.05, 0.1) is 17.4 Å². The van der Waals surface area contributed by atoms with Gasteiger partial charge < -0.3 is 5.32 Å². The molecule has 1 aromatic rings. The van der Waals surface area contributed by atoms with E-state index in [9.17, 15) is 17.6 Å². The minimum atomic E-state index is -3.29. The highest BCUT2D eigenvalue weighted by Gasteiger charge is 2.31. The maximum atomic E-state index is 13.5. The molecule has 2 rings (SSSR count). The Hall–Kier alpha value is -1.47. The third-order valence-corrected chi connectivity index (χ3v) is 5.49. The lowest BCUT2D eigenvalue weighted by molar-refractivity contribution is -0.120. The molecule has 0 radical (unpaired) electrons. The number of nitrogens with zero attached hydrogens (tertiary/aromatic N) is 1. The quantitative estimate of drug-likeness (QED) is 0.922. The molecule has 1 fully saturated rings. The first kappa shape index (κ1) is 15.9. The number of para-hydroxylation sites is 1. The zero-order valence-corrected chi connectivity index (χ0v) is 12.7. The number of hydrogen-bond acceptors (Lipinski definition) is 3. The molecule has 1 atom stereocenters. The molecule has 1 amide bonds. The van der Waals surface area contributed by atoms with Crippen molar-refractivity contribution in [2.24, 2.45) is 5.92 Å². The van der Waals surface area contributed by atoms with Gasteiger partial charge in [0.2, 0.25) is 15.9 Å². The lowest BCUT2D eigenvalue weighted by Crippen LogP contribution is -2.44. The van der Waals surface area contributed by atoms with E-state index in [1.165, 1.54) is 16.4 Å². The van der Waals surface area contributed by atoms with Gasteiger partial charge in [-0.15, -0.1) is 0 Å². The fourth-order valence-electron chi connectivity index (χ4n) is 2.39. The predicted octanol–water partition coefficient (Wildman–Crippen LogP) is 1.83. The summed E-state index contributed by atoms with van der Waals surface area (Å²) in [6, 6.07) is 5.93. The van der Waals surface area contributed by atoms with Crippen LogP contribution in [-0.4, -0.2) is 37.5 Å². The molecular weight excluding hydrogens is 295 g/mol. The van der Waals surface area contributed by atoms with Gasteiger partial charge in [-0.25, -0.2) is 17.1 Å². The Morgan fingerprint density at radius 2 is 2.14 bits per heavy atom. The minimum Gasteiger partial charge on any atom is -0.323 e. The van der Waals surface area contributed by atoms with E-state index in [4.69, 9.17) is 0 Å². The highest BCUT2D eigenvalue weighted by Crippen LogP contribution is 2.22. The van der Waals surface area contributed by atoms with Crippen LogP contribution < -0.4 is 5.32 Å². The molecule has 0 saturated carbocycles. The molecule has 1 heterocycles. The molecule has 116 valence electrons. The summed E-state index contributed by atoms with van der Waals surface area (Å²) < 4.78 is 38.6. The number of hydrogen-bond donors (Lipinski definition) is 1. The fourth-order valence-corrected chi connectivity index (χ4v) is 3.57. The summed E-state index contributed by atoms with van der Waals surface area (Å²) in [7, 11) is -3.29. The van der Waals surface area contributed by atoms with Crippen LogP contribution in [0, 0.1) is 11.7 Å². The number of sulfonamides is 1. The Kier molecular flexibility index (Phi) is 4.95. The van der Waals surface area contributed by atoms with Gasteiger partial charge in [-0.3, -0.25) is 4.79 Å². The molecule has 1 aliphatic rings. The van der Waals surface area contributed by atoms with E-state index >= 15 is 0 Å². The van der Waals surface area contributed by atoms with Crippen molar-refractivity contribution in [2.45, 2.75) is 19.8 Å². The van der Waals surface area contributed by atoms with Crippen molar-refractivity contribution in [2.75, 3.05) is 24.2 Å². The highest BCUT2D eigenvalue weighted by molar-refractivity contribution is 7.89. The van der Waals surface area contributed by atoms with E-state index in [1.54, 1.807) is 19.1 Å². The number of rotatable bonds is 4. The first-order valence-electron chi connectivity index (χ1n) is 6.97. The number of nitrogens with one attached hydrogen (secondary N) is 1. The maximum absolute atomic E-state index is 13.5. The predicted molar refractivity (Wildman–Crippen MR) is 78.8 cm³/mol. The molecular formula is C14H19FN2O3S. The average molecular weight is 314 g/mol. The van der Waals surface area contributed by atoms with Crippen LogP contribution >= 0.6 is 0 Å². The van der Waals surface area contributed by atoms with Gasteiger partial charge in [0.25, 0.3) is 0 Å². The van der Waals surface area contributed by atoms with Crippen LogP contribution in [-0.2, 0) is 14.8 Å². The summed E-state index contributed by atoms with van der Waals surface area (Å²) >= 11 is 0. The summed E-state index contributed by atoms with van der Waals surface area (Å²) in [6.45, 7) is 2.19. The molecule has 0 unspecified atom stereocenters. The Balaban J connectivity index is 2.05. The molecule has 0 bridgehead atoms. The summed E-state index contributed by atoms with van der Waals surface area (Å²) in [5.41, 5.74) is 0.123. The van der Waals surface area contributed by atoms with Gasteiger partial charge in [0.1, 0.15) is 5.82 Å². The van der Waals surface area contributed by atoms with Crippen LogP contribution in [0.3, 0.4) is 0 Å². The SMILES string of the molecule is CCS(=O)(=O)N1CCC[C@H](C(=O)Nc2ccccc2F)C1. The zero-order chi connectivity index (χ0) is 15.5. The molecule has 7 heteroatoms. The first-order chi connectivity index (χ1) is 9.94. The maximum Gasteiger partial charge on any atom is 0.228 e. The molecule has 1 aromatic carbocycles. The summed E-state index contributed by atoms with van der Waals surface area (Å²) in [5, 5.41) is 2.53. The number of benzene rings is 1. The van der Waals surface area contributed by atoms with Gasteiger partial charge in [-0.05, 0) is 31.9 Å². The number of halogens is 1. The largest absolute Gasteiger partial charge is 0.323 e. The van der Waals surface area contributed by atoms with Crippen LogP contribution in [0.25, 0.3) is 0 Å². The van der Waals surface area contributed by atoms with Crippen molar-refractivity contribution >= 4 is 21.6 Å². The number of piperidine rings is 1. The van der Waals surface area contributed by atoms with Gasteiger partial charge in [-0.2, -0.15) is 0 Å². The van der Waals surface area contributed by atoms with Crippen LogP contribution in [0.1, 0.15) is 19.8 Å². The van der Waals surface area contributed by atoms with Crippen LogP contribution in [0.15, 0.2) is 24.3 Å². The van der Waals surface area contributed by atoms with E-state index < -0.39 is 21.8 Å². The molecule has 0 aliphatic carbocycles. The Morgan fingerprint density at radius 3 is 2.81 bits per heavy atom. The van der Waals surface area contributed by atoms with Gasteiger partial charge in [0, 0.05) is 13.1 Å². The van der Waals surface area contributed by atoms with E-state index in [2.05, 4.69) is 5.32 Å². The smallest absolute Gasteiger partial charge is 0.228 e. The lowest BCUT2D eigenvalue weighted by atomic mass is 9.98. The van der Waals surface area contributed by atoms with Crippen LogP contribution in [0.2, 0.25) is 0 Å². The van der Waals surface area contributed by atoms with Gasteiger partial charge in [0.15, 0.2) is 0 Å². The first-order valence-corrected chi connectivity index (χ1v) is 8.58. The number of carbonyl (C=O) groups excluding carboxylic acids is 1. The summed E-state index contributed by atoms with van der Waals surface area (Å²) in [6.07, 6.45) is 1.24. The van der Waals surface area contributed by atoms with Crippen molar-refractivity contribution in [3.63, 3.8) is 0 Å². The number of anilines is 1. The van der Waals surface area contributed by atoms with Crippen molar-refractivity contribution in [3.8, 4) is 0 Å². The van der Waals surface area contributed by atoms with E-state index in [1.807, 2.05) is 0 Å². The standard InChI is InChI=1S/C14H19FN2O3S/c1-2-21(19,20)17-9-5-6-11(10-17)14(18)16-13-8-4-3-7-12(13)15/h3-4,7-8,11H,2,5-6,9-10H2,1H3,(H,16,18)/t11-/m0/s1. The van der Waals surface area contributed by atoms with Gasteiger partial charge in [-0.1, -0.05) is 12.1 Å². The summed E-state index contributed by atoms with van der Waals surface area (Å²) in [5.74, 6) is -1.26. The topological polar surface area (TPSA) is 66.5 Å².